The largest absolute Gasteiger partial charge is 0.417 e. The van der Waals surface area contributed by atoms with Crippen molar-refractivity contribution in [2.24, 2.45) is 0 Å². The molecule has 0 heterocycles. The number of alkyl halides is 3. The summed E-state index contributed by atoms with van der Waals surface area (Å²) in [4.78, 5) is 25.1. The van der Waals surface area contributed by atoms with E-state index >= 15 is 0 Å². The Morgan fingerprint density at radius 3 is 2.46 bits per heavy atom. The molecule has 1 aromatic carbocycles. The summed E-state index contributed by atoms with van der Waals surface area (Å²) in [6, 6.07) is 3.44. The highest BCUT2D eigenvalue weighted by Gasteiger charge is 2.34. The summed E-state index contributed by atoms with van der Waals surface area (Å²) in [7, 11) is 0. The molecule has 26 heavy (non-hydrogen) atoms. The molecule has 0 atom stereocenters. The zero-order valence-corrected chi connectivity index (χ0v) is 15.3. The molecule has 0 bridgehead atoms. The second kappa shape index (κ2) is 8.75. The molecule has 0 radical (unpaired) electrons. The van der Waals surface area contributed by atoms with Gasteiger partial charge >= 0.3 is 6.18 Å². The highest BCUT2D eigenvalue weighted by Crippen LogP contribution is 2.37. The van der Waals surface area contributed by atoms with Crippen LogP contribution in [0, 0.1) is 0 Å². The van der Waals surface area contributed by atoms with Crippen LogP contribution in [0.5, 0.6) is 0 Å². The fraction of sp³-hybridized carbons (Fsp3) is 0.556. The Morgan fingerprint density at radius 1 is 1.23 bits per heavy atom. The van der Waals surface area contributed by atoms with Gasteiger partial charge in [-0.15, -0.1) is 0 Å². The maximum absolute atomic E-state index is 13.0. The summed E-state index contributed by atoms with van der Waals surface area (Å²) in [5.41, 5.74) is -0.936. The molecule has 1 N–H and O–H groups in total. The van der Waals surface area contributed by atoms with E-state index in [1.165, 1.54) is 19.4 Å². The molecule has 2 rings (SSSR count). The summed E-state index contributed by atoms with van der Waals surface area (Å²) in [5, 5.41) is 2.50. The molecule has 0 aliphatic heterocycles. The van der Waals surface area contributed by atoms with E-state index in [4.69, 9.17) is 11.6 Å². The van der Waals surface area contributed by atoms with Gasteiger partial charge in [0.05, 0.1) is 10.6 Å². The SMILES string of the molecule is CC(=O)N(CCC(=O)NC1CCCCC1)c1ccc(Cl)c(C(F)(F)F)c1. The van der Waals surface area contributed by atoms with Crippen LogP contribution < -0.4 is 10.2 Å². The lowest BCUT2D eigenvalue weighted by Gasteiger charge is -2.25. The number of rotatable bonds is 5. The predicted molar refractivity (Wildman–Crippen MR) is 94.1 cm³/mol. The minimum Gasteiger partial charge on any atom is -0.353 e. The Balaban J connectivity index is 2.04. The average Bonchev–Trinajstić information content (AvgIpc) is 2.56. The smallest absolute Gasteiger partial charge is 0.353 e. The molecular formula is C18H22ClF3N2O2. The first-order valence-corrected chi connectivity index (χ1v) is 9.00. The Hall–Kier alpha value is -1.76. The van der Waals surface area contributed by atoms with Crippen molar-refractivity contribution in [1.29, 1.82) is 0 Å². The minimum atomic E-state index is -4.62. The van der Waals surface area contributed by atoms with Crippen molar-refractivity contribution >= 4 is 29.1 Å². The first-order chi connectivity index (χ1) is 12.2. The number of benzene rings is 1. The fourth-order valence-electron chi connectivity index (χ4n) is 3.13. The van der Waals surface area contributed by atoms with Gasteiger partial charge < -0.3 is 10.2 Å². The van der Waals surface area contributed by atoms with E-state index in [-0.39, 0.29) is 30.6 Å². The quantitative estimate of drug-likeness (QED) is 0.801. The lowest BCUT2D eigenvalue weighted by molar-refractivity contribution is -0.137. The highest BCUT2D eigenvalue weighted by molar-refractivity contribution is 6.31. The maximum Gasteiger partial charge on any atom is 0.417 e. The highest BCUT2D eigenvalue weighted by atomic mass is 35.5. The first kappa shape index (κ1) is 20.6. The first-order valence-electron chi connectivity index (χ1n) is 8.62. The molecule has 4 nitrogen and oxygen atoms in total. The molecule has 2 amide bonds. The molecule has 0 unspecified atom stereocenters. The van der Waals surface area contributed by atoms with Crippen LogP contribution in [-0.4, -0.2) is 24.4 Å². The van der Waals surface area contributed by atoms with Crippen molar-refractivity contribution in [2.75, 3.05) is 11.4 Å². The number of halogens is 4. The zero-order chi connectivity index (χ0) is 19.3. The Kier molecular flexibility index (Phi) is 6.92. The van der Waals surface area contributed by atoms with Gasteiger partial charge in [-0.2, -0.15) is 13.2 Å². The standard InChI is InChI=1S/C18H22ClF3N2O2/c1-12(25)24(10-9-17(26)23-13-5-3-2-4-6-13)14-7-8-16(19)15(11-14)18(20,21)22/h7-8,11,13H,2-6,9-10H2,1H3,(H,23,26). The van der Waals surface area contributed by atoms with Crippen LogP contribution in [0.15, 0.2) is 18.2 Å². The van der Waals surface area contributed by atoms with E-state index in [2.05, 4.69) is 5.32 Å². The second-order valence-electron chi connectivity index (χ2n) is 6.49. The number of carbonyl (C=O) groups excluding carboxylic acids is 2. The van der Waals surface area contributed by atoms with Gasteiger partial charge in [-0.1, -0.05) is 30.9 Å². The number of hydrogen-bond acceptors (Lipinski definition) is 2. The number of hydrogen-bond donors (Lipinski definition) is 1. The third kappa shape index (κ3) is 5.62. The minimum absolute atomic E-state index is 0.00676. The van der Waals surface area contributed by atoms with Crippen molar-refractivity contribution < 1.29 is 22.8 Å². The molecular weight excluding hydrogens is 369 g/mol. The van der Waals surface area contributed by atoms with Gasteiger partial charge in [0.1, 0.15) is 0 Å². The molecule has 1 aromatic rings. The lowest BCUT2D eigenvalue weighted by atomic mass is 9.95. The summed E-state index contributed by atoms with van der Waals surface area (Å²) in [6.45, 7) is 1.26. The maximum atomic E-state index is 13.0. The van der Waals surface area contributed by atoms with Crippen molar-refractivity contribution in [3.63, 3.8) is 0 Å². The van der Waals surface area contributed by atoms with E-state index in [0.717, 1.165) is 42.7 Å². The molecule has 144 valence electrons. The van der Waals surface area contributed by atoms with E-state index < -0.39 is 22.7 Å². The van der Waals surface area contributed by atoms with Crippen molar-refractivity contribution in [2.45, 2.75) is 57.7 Å². The Bertz CT molecular complexity index is 658. The van der Waals surface area contributed by atoms with E-state index in [1.54, 1.807) is 0 Å². The number of anilines is 1. The van der Waals surface area contributed by atoms with E-state index in [9.17, 15) is 22.8 Å². The molecule has 1 aliphatic rings. The molecule has 0 aromatic heterocycles. The van der Waals surface area contributed by atoms with Gasteiger partial charge in [0.25, 0.3) is 0 Å². The number of nitrogens with zero attached hydrogens (tertiary/aromatic N) is 1. The Morgan fingerprint density at radius 2 is 1.88 bits per heavy atom. The summed E-state index contributed by atoms with van der Waals surface area (Å²) >= 11 is 5.61. The molecule has 1 aliphatic carbocycles. The third-order valence-electron chi connectivity index (χ3n) is 4.48. The third-order valence-corrected chi connectivity index (χ3v) is 4.81. The van der Waals surface area contributed by atoms with Crippen LogP contribution in [0.25, 0.3) is 0 Å². The second-order valence-corrected chi connectivity index (χ2v) is 6.89. The van der Waals surface area contributed by atoms with E-state index in [0.29, 0.717) is 0 Å². The molecule has 1 fully saturated rings. The summed E-state index contributed by atoms with van der Waals surface area (Å²) in [5.74, 6) is -0.640. The fourth-order valence-corrected chi connectivity index (χ4v) is 3.35. The van der Waals surface area contributed by atoms with Gasteiger partial charge in [0, 0.05) is 31.6 Å². The zero-order valence-electron chi connectivity index (χ0n) is 14.5. The summed E-state index contributed by atoms with van der Waals surface area (Å²) in [6.07, 6.45) is 0.615. The molecule has 0 saturated heterocycles. The van der Waals surface area contributed by atoms with Crippen LogP contribution in [0.1, 0.15) is 51.0 Å². The van der Waals surface area contributed by atoms with Gasteiger partial charge in [0.15, 0.2) is 0 Å². The predicted octanol–water partition coefficient (Wildman–Crippen LogP) is 4.55. The number of carbonyl (C=O) groups is 2. The van der Waals surface area contributed by atoms with Crippen LogP contribution in [0.3, 0.4) is 0 Å². The van der Waals surface area contributed by atoms with E-state index in [1.807, 2.05) is 0 Å². The number of amides is 2. The lowest BCUT2D eigenvalue weighted by Crippen LogP contribution is -2.39. The van der Waals surface area contributed by atoms with Crippen molar-refractivity contribution in [1.82, 2.24) is 5.32 Å². The average molecular weight is 391 g/mol. The molecule has 0 spiro atoms. The van der Waals surface area contributed by atoms with Crippen molar-refractivity contribution in [3.05, 3.63) is 28.8 Å². The van der Waals surface area contributed by atoms with Gasteiger partial charge in [0.2, 0.25) is 11.8 Å². The van der Waals surface area contributed by atoms with Gasteiger partial charge in [-0.25, -0.2) is 0 Å². The number of nitrogens with one attached hydrogen (secondary N) is 1. The van der Waals surface area contributed by atoms with Gasteiger partial charge in [-0.05, 0) is 31.0 Å². The van der Waals surface area contributed by atoms with Gasteiger partial charge in [-0.3, -0.25) is 9.59 Å². The molecule has 8 heteroatoms. The monoisotopic (exact) mass is 390 g/mol. The van der Waals surface area contributed by atoms with Crippen LogP contribution in [-0.2, 0) is 15.8 Å². The normalized spacial score (nSPS) is 15.6. The topological polar surface area (TPSA) is 49.4 Å². The molecule has 1 saturated carbocycles. The Labute approximate surface area is 155 Å². The van der Waals surface area contributed by atoms with Crippen molar-refractivity contribution in [3.8, 4) is 0 Å². The van der Waals surface area contributed by atoms with Crippen LogP contribution in [0.4, 0.5) is 18.9 Å². The van der Waals surface area contributed by atoms with Crippen LogP contribution >= 0.6 is 11.6 Å². The summed E-state index contributed by atoms with van der Waals surface area (Å²) < 4.78 is 39.0. The van der Waals surface area contributed by atoms with Crippen LogP contribution in [0.2, 0.25) is 5.02 Å².